The van der Waals surface area contributed by atoms with Gasteiger partial charge in [0, 0.05) is 40.2 Å². The predicted octanol–water partition coefficient (Wildman–Crippen LogP) is 7.20. The maximum Gasteiger partial charge on any atom is 0.145 e. The number of fused-ring (bicyclic) bond motifs is 2. The van der Waals surface area contributed by atoms with Gasteiger partial charge in [-0.25, -0.2) is 9.97 Å². The number of nitrogens with one attached hydrogen (secondary N) is 1. The van der Waals surface area contributed by atoms with Gasteiger partial charge in [0.25, 0.3) is 0 Å². The molecule has 0 saturated carbocycles. The van der Waals surface area contributed by atoms with Gasteiger partial charge in [0.05, 0.1) is 21.4 Å². The first-order chi connectivity index (χ1) is 18.1. The maximum atomic E-state index is 6.74. The molecule has 1 N–H and O–H groups in total. The number of piperidine rings is 1. The zero-order chi connectivity index (χ0) is 25.2. The van der Waals surface area contributed by atoms with Crippen LogP contribution in [0.15, 0.2) is 89.0 Å². The van der Waals surface area contributed by atoms with Crippen molar-refractivity contribution in [1.82, 2.24) is 19.9 Å². The van der Waals surface area contributed by atoms with Crippen LogP contribution < -0.4 is 10.1 Å². The molecule has 3 heterocycles. The minimum atomic E-state index is 0.184. The Balaban J connectivity index is 1.26. The van der Waals surface area contributed by atoms with E-state index in [9.17, 15) is 0 Å². The standard InChI is InChI=1S/C29H26ClN5OS/c1-35-15-12-21(13-16-35)36-24-8-3-7-23-27(24)29(33-18-32-23)34-20-10-11-25(22(30)17-20)37-26-9-2-5-19-6-4-14-31-28(19)26/h2-11,14,17-18,21H,12-13,15-16H2,1H3,(H,32,33,34). The van der Waals surface area contributed by atoms with Gasteiger partial charge < -0.3 is 15.0 Å². The molecule has 0 aliphatic carbocycles. The number of pyridine rings is 1. The number of nitrogens with zero attached hydrogens (tertiary/aromatic N) is 4. The van der Waals surface area contributed by atoms with E-state index in [-0.39, 0.29) is 6.10 Å². The average Bonchev–Trinajstić information content (AvgIpc) is 2.92. The molecule has 0 atom stereocenters. The number of ether oxygens (including phenoxy) is 1. The van der Waals surface area contributed by atoms with Gasteiger partial charge in [0.15, 0.2) is 0 Å². The molecule has 0 radical (unpaired) electrons. The number of rotatable bonds is 6. The Bertz CT molecular complexity index is 1560. The van der Waals surface area contributed by atoms with Gasteiger partial charge in [-0.2, -0.15) is 0 Å². The van der Waals surface area contributed by atoms with Crippen LogP contribution in [-0.4, -0.2) is 46.1 Å². The van der Waals surface area contributed by atoms with Gasteiger partial charge in [0.1, 0.15) is 24.0 Å². The van der Waals surface area contributed by atoms with E-state index in [0.29, 0.717) is 10.8 Å². The fourth-order valence-corrected chi connectivity index (χ4v) is 5.87. The van der Waals surface area contributed by atoms with Crippen molar-refractivity contribution in [3.05, 3.63) is 84.3 Å². The van der Waals surface area contributed by atoms with E-state index >= 15 is 0 Å². The highest BCUT2D eigenvalue weighted by molar-refractivity contribution is 7.99. The topological polar surface area (TPSA) is 63.2 Å². The molecule has 0 amide bonds. The number of likely N-dealkylation sites (tertiary alicyclic amines) is 1. The highest BCUT2D eigenvalue weighted by Crippen LogP contribution is 2.39. The van der Waals surface area contributed by atoms with Crippen molar-refractivity contribution in [3.63, 3.8) is 0 Å². The lowest BCUT2D eigenvalue weighted by Gasteiger charge is -2.29. The SMILES string of the molecule is CN1CCC(Oc2cccc3ncnc(Nc4ccc(Sc5cccc6cccnc56)c(Cl)c4)c23)CC1. The summed E-state index contributed by atoms with van der Waals surface area (Å²) in [5, 5.41) is 6.09. The second-order valence-electron chi connectivity index (χ2n) is 9.20. The highest BCUT2D eigenvalue weighted by Gasteiger charge is 2.20. The Kier molecular flexibility index (Phi) is 6.83. The Morgan fingerprint density at radius 3 is 2.65 bits per heavy atom. The number of hydrogen-bond donors (Lipinski definition) is 1. The van der Waals surface area contributed by atoms with Crippen LogP contribution in [0.2, 0.25) is 5.02 Å². The predicted molar refractivity (Wildman–Crippen MR) is 151 cm³/mol. The largest absolute Gasteiger partial charge is 0.489 e. The van der Waals surface area contributed by atoms with Crippen molar-refractivity contribution in [2.24, 2.45) is 0 Å². The average molecular weight is 528 g/mol. The zero-order valence-electron chi connectivity index (χ0n) is 20.4. The van der Waals surface area contributed by atoms with Gasteiger partial charge in [-0.3, -0.25) is 4.98 Å². The van der Waals surface area contributed by atoms with Crippen molar-refractivity contribution in [2.45, 2.75) is 28.7 Å². The number of benzene rings is 3. The quantitative estimate of drug-likeness (QED) is 0.250. The molecule has 3 aromatic carbocycles. The Labute approximate surface area is 225 Å². The minimum Gasteiger partial charge on any atom is -0.489 e. The third kappa shape index (κ3) is 5.21. The summed E-state index contributed by atoms with van der Waals surface area (Å²) in [4.78, 5) is 18.0. The van der Waals surface area contributed by atoms with E-state index in [2.05, 4.69) is 50.4 Å². The molecule has 5 aromatic rings. The minimum absolute atomic E-state index is 0.184. The maximum absolute atomic E-state index is 6.74. The Hall–Kier alpha value is -3.39. The lowest BCUT2D eigenvalue weighted by atomic mass is 10.1. The smallest absolute Gasteiger partial charge is 0.145 e. The molecule has 0 unspecified atom stereocenters. The molecule has 1 saturated heterocycles. The first kappa shape index (κ1) is 24.0. The molecule has 6 nitrogen and oxygen atoms in total. The van der Waals surface area contributed by atoms with Gasteiger partial charge in [-0.15, -0.1) is 0 Å². The van der Waals surface area contributed by atoms with E-state index < -0.39 is 0 Å². The zero-order valence-corrected chi connectivity index (χ0v) is 22.0. The summed E-state index contributed by atoms with van der Waals surface area (Å²) in [5.41, 5.74) is 2.65. The number of hydrogen-bond acceptors (Lipinski definition) is 7. The lowest BCUT2D eigenvalue weighted by Crippen LogP contribution is -2.35. The van der Waals surface area contributed by atoms with E-state index in [4.69, 9.17) is 16.3 Å². The molecule has 8 heteroatoms. The molecule has 1 aliphatic rings. The number of aromatic nitrogens is 3. The van der Waals surface area contributed by atoms with Gasteiger partial charge in [-0.1, -0.05) is 47.6 Å². The third-order valence-electron chi connectivity index (χ3n) is 6.59. The van der Waals surface area contributed by atoms with Crippen LogP contribution >= 0.6 is 23.4 Å². The van der Waals surface area contributed by atoms with Crippen LogP contribution in [0.1, 0.15) is 12.8 Å². The monoisotopic (exact) mass is 527 g/mol. The van der Waals surface area contributed by atoms with E-state index in [1.54, 1.807) is 18.1 Å². The molecule has 1 fully saturated rings. The summed E-state index contributed by atoms with van der Waals surface area (Å²) in [5.74, 6) is 1.50. The summed E-state index contributed by atoms with van der Waals surface area (Å²) < 4.78 is 6.46. The van der Waals surface area contributed by atoms with E-state index in [1.807, 2.05) is 54.7 Å². The van der Waals surface area contributed by atoms with Crippen LogP contribution in [0.3, 0.4) is 0 Å². The fourth-order valence-electron chi connectivity index (χ4n) is 4.63. The van der Waals surface area contributed by atoms with Gasteiger partial charge in [0.2, 0.25) is 0 Å². The summed E-state index contributed by atoms with van der Waals surface area (Å²) in [6.45, 7) is 2.07. The second-order valence-corrected chi connectivity index (χ2v) is 10.7. The molecule has 186 valence electrons. The van der Waals surface area contributed by atoms with Crippen LogP contribution in [-0.2, 0) is 0 Å². The van der Waals surface area contributed by atoms with Crippen LogP contribution in [0.4, 0.5) is 11.5 Å². The van der Waals surface area contributed by atoms with Crippen molar-refractivity contribution in [2.75, 3.05) is 25.5 Å². The van der Waals surface area contributed by atoms with Crippen molar-refractivity contribution in [3.8, 4) is 5.75 Å². The summed E-state index contributed by atoms with van der Waals surface area (Å²) in [6.07, 6.45) is 5.58. The van der Waals surface area contributed by atoms with Crippen LogP contribution in [0.25, 0.3) is 21.8 Å². The Morgan fingerprint density at radius 2 is 1.78 bits per heavy atom. The summed E-state index contributed by atoms with van der Waals surface area (Å²) in [7, 11) is 2.15. The van der Waals surface area contributed by atoms with Crippen molar-refractivity contribution >= 4 is 56.7 Å². The first-order valence-electron chi connectivity index (χ1n) is 12.3. The summed E-state index contributed by atoms with van der Waals surface area (Å²) >= 11 is 8.36. The molecule has 6 rings (SSSR count). The van der Waals surface area contributed by atoms with Gasteiger partial charge >= 0.3 is 0 Å². The molecule has 37 heavy (non-hydrogen) atoms. The molecular weight excluding hydrogens is 502 g/mol. The first-order valence-corrected chi connectivity index (χ1v) is 13.5. The van der Waals surface area contributed by atoms with E-state index in [1.165, 1.54) is 0 Å². The third-order valence-corrected chi connectivity index (χ3v) is 8.14. The molecule has 0 bridgehead atoms. The molecule has 2 aromatic heterocycles. The number of halogens is 1. The fraction of sp³-hybridized carbons (Fsp3) is 0.207. The van der Waals surface area contributed by atoms with E-state index in [0.717, 1.165) is 69.0 Å². The normalized spacial score (nSPS) is 14.8. The Morgan fingerprint density at radius 1 is 0.946 bits per heavy atom. The van der Waals surface area contributed by atoms with Crippen LogP contribution in [0, 0.1) is 0 Å². The van der Waals surface area contributed by atoms with Crippen molar-refractivity contribution < 1.29 is 4.74 Å². The molecule has 0 spiro atoms. The van der Waals surface area contributed by atoms with Crippen molar-refractivity contribution in [1.29, 1.82) is 0 Å². The lowest BCUT2D eigenvalue weighted by molar-refractivity contribution is 0.116. The summed E-state index contributed by atoms with van der Waals surface area (Å²) in [6, 6.07) is 22.1. The molecule has 1 aliphatic heterocycles. The number of anilines is 2. The highest BCUT2D eigenvalue weighted by atomic mass is 35.5. The van der Waals surface area contributed by atoms with Crippen LogP contribution in [0.5, 0.6) is 5.75 Å². The number of para-hydroxylation sites is 1. The van der Waals surface area contributed by atoms with Gasteiger partial charge in [-0.05, 0) is 62.4 Å². The molecular formula is C29H26ClN5OS. The second kappa shape index (κ2) is 10.5.